The average molecular weight is 241 g/mol. The Labute approximate surface area is 101 Å². The highest BCUT2D eigenvalue weighted by atomic mass is 32.1. The second-order valence-electron chi connectivity index (χ2n) is 4.14. The molecule has 0 bridgehead atoms. The molecule has 0 spiro atoms. The Bertz CT molecular complexity index is 283. The molecule has 1 aliphatic heterocycles. The summed E-state index contributed by atoms with van der Waals surface area (Å²) in [6.45, 7) is 5.55. The normalized spacial score (nSPS) is 22.4. The minimum Gasteiger partial charge on any atom is -0.379 e. The van der Waals surface area contributed by atoms with Crippen LogP contribution in [-0.4, -0.2) is 32.0 Å². The molecule has 2 rings (SSSR count). The molecule has 0 amide bonds. The lowest BCUT2D eigenvalue weighted by Gasteiger charge is -2.17. The summed E-state index contributed by atoms with van der Waals surface area (Å²) in [5, 5.41) is 5.51. The maximum Gasteiger partial charge on any atom is 0.0834 e. The zero-order valence-corrected chi connectivity index (χ0v) is 10.5. The van der Waals surface area contributed by atoms with Crippen LogP contribution in [0.5, 0.6) is 0 Å². The van der Waals surface area contributed by atoms with Crippen LogP contribution in [0.3, 0.4) is 0 Å². The molecule has 16 heavy (non-hydrogen) atoms. The average Bonchev–Trinajstić information content (AvgIpc) is 2.90. The number of rotatable bonds is 6. The van der Waals surface area contributed by atoms with Gasteiger partial charge in [0.05, 0.1) is 18.8 Å². The summed E-state index contributed by atoms with van der Waals surface area (Å²) >= 11 is 1.78. The third-order valence-corrected chi connectivity index (χ3v) is 3.50. The van der Waals surface area contributed by atoms with E-state index in [0.29, 0.717) is 6.10 Å². The molecule has 1 N–H and O–H groups in total. The number of ether oxygens (including phenoxy) is 2. The van der Waals surface area contributed by atoms with Gasteiger partial charge in [0.1, 0.15) is 0 Å². The molecular weight excluding hydrogens is 222 g/mol. The van der Waals surface area contributed by atoms with Crippen molar-refractivity contribution in [3.05, 3.63) is 22.4 Å². The van der Waals surface area contributed by atoms with Crippen LogP contribution in [0.25, 0.3) is 0 Å². The van der Waals surface area contributed by atoms with Gasteiger partial charge in [-0.25, -0.2) is 0 Å². The van der Waals surface area contributed by atoms with Gasteiger partial charge >= 0.3 is 0 Å². The van der Waals surface area contributed by atoms with E-state index in [0.717, 1.165) is 32.7 Å². The van der Waals surface area contributed by atoms with E-state index in [2.05, 4.69) is 29.8 Å². The quantitative estimate of drug-likeness (QED) is 0.826. The molecule has 2 unspecified atom stereocenters. The van der Waals surface area contributed by atoms with E-state index in [4.69, 9.17) is 9.47 Å². The van der Waals surface area contributed by atoms with Crippen LogP contribution >= 0.6 is 11.3 Å². The van der Waals surface area contributed by atoms with Gasteiger partial charge in [-0.2, -0.15) is 0 Å². The van der Waals surface area contributed by atoms with Gasteiger partial charge < -0.3 is 14.8 Å². The third-order valence-electron chi connectivity index (χ3n) is 2.62. The SMILES string of the molecule is CC(CNCc1cccs1)OC1CCOC1. The molecule has 0 radical (unpaired) electrons. The lowest BCUT2D eigenvalue weighted by molar-refractivity contribution is -0.00563. The van der Waals surface area contributed by atoms with Gasteiger partial charge in [-0.1, -0.05) is 6.07 Å². The van der Waals surface area contributed by atoms with E-state index in [1.165, 1.54) is 4.88 Å². The minimum atomic E-state index is 0.256. The topological polar surface area (TPSA) is 30.5 Å². The number of hydrogen-bond donors (Lipinski definition) is 1. The Kier molecular flexibility index (Phi) is 4.78. The Morgan fingerprint density at radius 1 is 1.69 bits per heavy atom. The predicted octanol–water partition coefficient (Wildman–Crippen LogP) is 2.03. The van der Waals surface area contributed by atoms with E-state index in [1.807, 2.05) is 0 Å². The Hall–Kier alpha value is -0.420. The number of nitrogens with one attached hydrogen (secondary N) is 1. The van der Waals surface area contributed by atoms with E-state index in [9.17, 15) is 0 Å². The van der Waals surface area contributed by atoms with Crippen molar-refractivity contribution in [1.82, 2.24) is 5.32 Å². The monoisotopic (exact) mass is 241 g/mol. The van der Waals surface area contributed by atoms with Crippen LogP contribution in [0, 0.1) is 0 Å². The molecule has 1 saturated heterocycles. The van der Waals surface area contributed by atoms with Crippen molar-refractivity contribution in [2.75, 3.05) is 19.8 Å². The van der Waals surface area contributed by atoms with Crippen LogP contribution in [0.4, 0.5) is 0 Å². The summed E-state index contributed by atoms with van der Waals surface area (Å²) in [4.78, 5) is 1.37. The van der Waals surface area contributed by atoms with E-state index < -0.39 is 0 Å². The molecule has 0 aromatic carbocycles. The van der Waals surface area contributed by atoms with E-state index in [-0.39, 0.29) is 6.10 Å². The van der Waals surface area contributed by atoms with Gasteiger partial charge in [0, 0.05) is 24.6 Å². The number of hydrogen-bond acceptors (Lipinski definition) is 4. The molecule has 90 valence electrons. The van der Waals surface area contributed by atoms with E-state index in [1.54, 1.807) is 11.3 Å². The molecule has 0 saturated carbocycles. The van der Waals surface area contributed by atoms with Gasteiger partial charge in [0.2, 0.25) is 0 Å². The van der Waals surface area contributed by atoms with Crippen LogP contribution in [-0.2, 0) is 16.0 Å². The lowest BCUT2D eigenvalue weighted by atomic mass is 10.3. The maximum absolute atomic E-state index is 5.85. The first kappa shape index (κ1) is 12.0. The smallest absolute Gasteiger partial charge is 0.0834 e. The van der Waals surface area contributed by atoms with Crippen LogP contribution in [0.15, 0.2) is 17.5 Å². The van der Waals surface area contributed by atoms with Gasteiger partial charge in [0.15, 0.2) is 0 Å². The molecule has 3 nitrogen and oxygen atoms in total. The summed E-state index contributed by atoms with van der Waals surface area (Å²) in [5.41, 5.74) is 0. The number of thiophene rings is 1. The van der Waals surface area contributed by atoms with Crippen LogP contribution in [0.2, 0.25) is 0 Å². The fourth-order valence-electron chi connectivity index (χ4n) is 1.81. The van der Waals surface area contributed by atoms with Crippen molar-refractivity contribution < 1.29 is 9.47 Å². The molecule has 2 heterocycles. The molecule has 1 aromatic heterocycles. The molecule has 1 aromatic rings. The highest BCUT2D eigenvalue weighted by molar-refractivity contribution is 7.09. The summed E-state index contributed by atoms with van der Waals surface area (Å²) < 4.78 is 11.1. The standard InChI is InChI=1S/C12H19NO2S/c1-10(15-11-4-5-14-9-11)7-13-8-12-3-2-6-16-12/h2-3,6,10-11,13H,4-5,7-9H2,1H3. The molecule has 4 heteroatoms. The van der Waals surface area contributed by atoms with Crippen molar-refractivity contribution in [3.63, 3.8) is 0 Å². The van der Waals surface area contributed by atoms with Crippen LogP contribution < -0.4 is 5.32 Å². The third kappa shape index (κ3) is 3.87. The van der Waals surface area contributed by atoms with Gasteiger partial charge in [-0.15, -0.1) is 11.3 Å². The summed E-state index contributed by atoms with van der Waals surface area (Å²) in [6.07, 6.45) is 1.60. The largest absolute Gasteiger partial charge is 0.379 e. The maximum atomic E-state index is 5.85. The zero-order chi connectivity index (χ0) is 11.2. The molecule has 2 atom stereocenters. The molecule has 0 aliphatic carbocycles. The van der Waals surface area contributed by atoms with Crippen molar-refractivity contribution in [2.24, 2.45) is 0 Å². The van der Waals surface area contributed by atoms with Crippen molar-refractivity contribution in [1.29, 1.82) is 0 Å². The van der Waals surface area contributed by atoms with Gasteiger partial charge in [-0.05, 0) is 24.8 Å². The van der Waals surface area contributed by atoms with Gasteiger partial charge in [0.25, 0.3) is 0 Å². The second kappa shape index (κ2) is 6.35. The van der Waals surface area contributed by atoms with E-state index >= 15 is 0 Å². The highest BCUT2D eigenvalue weighted by Crippen LogP contribution is 2.11. The first-order chi connectivity index (χ1) is 7.84. The highest BCUT2D eigenvalue weighted by Gasteiger charge is 2.18. The fraction of sp³-hybridized carbons (Fsp3) is 0.667. The first-order valence-corrected chi connectivity index (χ1v) is 6.69. The van der Waals surface area contributed by atoms with Gasteiger partial charge in [-0.3, -0.25) is 0 Å². The molecular formula is C12H19NO2S. The molecule has 1 aliphatic rings. The zero-order valence-electron chi connectivity index (χ0n) is 9.65. The summed E-state index contributed by atoms with van der Waals surface area (Å²) in [6, 6.07) is 4.23. The van der Waals surface area contributed by atoms with Crippen molar-refractivity contribution in [2.45, 2.75) is 32.1 Å². The Balaban J connectivity index is 1.58. The first-order valence-electron chi connectivity index (χ1n) is 5.81. The predicted molar refractivity (Wildman–Crippen MR) is 65.8 cm³/mol. The van der Waals surface area contributed by atoms with Crippen LogP contribution in [0.1, 0.15) is 18.2 Å². The van der Waals surface area contributed by atoms with Crippen molar-refractivity contribution in [3.8, 4) is 0 Å². The summed E-state index contributed by atoms with van der Waals surface area (Å²) in [5.74, 6) is 0. The van der Waals surface area contributed by atoms with Crippen molar-refractivity contribution >= 4 is 11.3 Å². The Morgan fingerprint density at radius 3 is 3.31 bits per heavy atom. The lowest BCUT2D eigenvalue weighted by Crippen LogP contribution is -2.30. The molecule has 1 fully saturated rings. The Morgan fingerprint density at radius 2 is 2.62 bits per heavy atom. The fourth-order valence-corrected chi connectivity index (χ4v) is 2.48. The second-order valence-corrected chi connectivity index (χ2v) is 5.17. The minimum absolute atomic E-state index is 0.256. The summed E-state index contributed by atoms with van der Waals surface area (Å²) in [7, 11) is 0.